The third-order valence-corrected chi connectivity index (χ3v) is 6.51. The molecule has 8 nitrogen and oxygen atoms in total. The molecule has 2 amide bonds. The van der Waals surface area contributed by atoms with Gasteiger partial charge in [-0.3, -0.25) is 14.3 Å². The molecule has 0 radical (unpaired) electrons. The molecule has 2 fully saturated rings. The summed E-state index contributed by atoms with van der Waals surface area (Å²) in [5.74, 6) is -0.0116. The van der Waals surface area contributed by atoms with Crippen LogP contribution < -0.4 is 16.4 Å². The van der Waals surface area contributed by atoms with E-state index in [9.17, 15) is 9.59 Å². The summed E-state index contributed by atoms with van der Waals surface area (Å²) in [4.78, 5) is 28.8. The third-order valence-electron chi connectivity index (χ3n) is 5.84. The van der Waals surface area contributed by atoms with Crippen LogP contribution in [-0.4, -0.2) is 39.2 Å². The Morgan fingerprint density at radius 2 is 2.07 bits per heavy atom. The van der Waals surface area contributed by atoms with Crippen molar-refractivity contribution in [2.24, 2.45) is 11.3 Å². The van der Waals surface area contributed by atoms with Gasteiger partial charge in [0.25, 0.3) is 5.91 Å². The number of anilines is 1. The summed E-state index contributed by atoms with van der Waals surface area (Å²) in [6.07, 6.45) is 9.22. The number of hydrogen-bond donors (Lipinski definition) is 3. The second kappa shape index (κ2) is 7.90. The topological polar surface area (TPSA) is 115 Å². The molecule has 0 unspecified atom stereocenters. The van der Waals surface area contributed by atoms with E-state index in [0.717, 1.165) is 45.1 Å². The number of nitrogens with zero attached hydrogens (tertiary/aromatic N) is 3. The van der Waals surface area contributed by atoms with Gasteiger partial charge in [-0.1, -0.05) is 0 Å². The van der Waals surface area contributed by atoms with Crippen molar-refractivity contribution in [3.8, 4) is 0 Å². The van der Waals surface area contributed by atoms with Crippen LogP contribution in [0.4, 0.5) is 5.13 Å². The van der Waals surface area contributed by atoms with Crippen LogP contribution in [0.25, 0.3) is 0 Å². The molecule has 9 heteroatoms. The lowest BCUT2D eigenvalue weighted by Crippen LogP contribution is -2.42. The van der Waals surface area contributed by atoms with Gasteiger partial charge in [0.2, 0.25) is 5.91 Å². The minimum atomic E-state index is -0.185. The van der Waals surface area contributed by atoms with E-state index in [1.807, 2.05) is 16.9 Å². The molecule has 2 aromatic rings. The van der Waals surface area contributed by atoms with Gasteiger partial charge in [-0.2, -0.15) is 5.10 Å². The normalized spacial score (nSPS) is 23.1. The van der Waals surface area contributed by atoms with E-state index in [-0.39, 0.29) is 29.2 Å². The van der Waals surface area contributed by atoms with E-state index < -0.39 is 0 Å². The monoisotopic (exact) mass is 402 g/mol. The predicted molar refractivity (Wildman–Crippen MR) is 107 cm³/mol. The Hall–Kier alpha value is -2.42. The highest BCUT2D eigenvalue weighted by Crippen LogP contribution is 2.46. The summed E-state index contributed by atoms with van der Waals surface area (Å²) < 4.78 is 1.95. The smallest absolute Gasteiger partial charge is 0.271 e. The highest BCUT2D eigenvalue weighted by Gasteiger charge is 2.43. The van der Waals surface area contributed by atoms with Crippen molar-refractivity contribution in [2.45, 2.75) is 51.1 Å². The van der Waals surface area contributed by atoms with Crippen LogP contribution in [0.15, 0.2) is 23.8 Å². The largest absolute Gasteiger partial charge is 0.375 e. The highest BCUT2D eigenvalue weighted by molar-refractivity contribution is 7.13. The number of nitrogens with one attached hydrogen (secondary N) is 2. The standard InChI is InChI=1S/C19H26N6O2S/c20-18-24-15(10-28-18)17(27)23-14-4-2-13(3-5-14)16(26)21-11-19(6-7-19)12-25-9-1-8-22-25/h1,8-10,13-14H,2-7,11-12H2,(H2,20,24)(H,21,26)(H,23,27). The molecule has 2 aliphatic rings. The fraction of sp³-hybridized carbons (Fsp3) is 0.579. The van der Waals surface area contributed by atoms with E-state index >= 15 is 0 Å². The van der Waals surface area contributed by atoms with Gasteiger partial charge >= 0.3 is 0 Å². The van der Waals surface area contributed by atoms with Gasteiger partial charge in [0.15, 0.2) is 5.13 Å². The van der Waals surface area contributed by atoms with Crippen molar-refractivity contribution >= 4 is 28.3 Å². The van der Waals surface area contributed by atoms with Gasteiger partial charge in [0.05, 0.1) is 0 Å². The molecule has 0 bridgehead atoms. The maximum absolute atomic E-state index is 12.6. The average Bonchev–Trinajstić information content (AvgIpc) is 3.05. The van der Waals surface area contributed by atoms with Crippen LogP contribution in [0.1, 0.15) is 49.0 Å². The van der Waals surface area contributed by atoms with E-state index in [1.165, 1.54) is 11.3 Å². The molecular formula is C19H26N6O2S. The molecule has 0 aromatic carbocycles. The number of rotatable bonds is 7. The number of thiazole rings is 1. The van der Waals surface area contributed by atoms with Gasteiger partial charge in [0.1, 0.15) is 5.69 Å². The molecule has 0 aliphatic heterocycles. The third kappa shape index (κ3) is 4.52. The molecule has 4 rings (SSSR count). The first-order valence-corrected chi connectivity index (χ1v) is 10.7. The quantitative estimate of drug-likeness (QED) is 0.653. The number of amides is 2. The number of aromatic nitrogens is 3. The van der Waals surface area contributed by atoms with Gasteiger partial charge in [-0.25, -0.2) is 4.98 Å². The zero-order valence-corrected chi connectivity index (χ0v) is 16.6. The Morgan fingerprint density at radius 1 is 1.29 bits per heavy atom. The van der Waals surface area contributed by atoms with Gasteiger partial charge < -0.3 is 16.4 Å². The summed E-state index contributed by atoms with van der Waals surface area (Å²) in [7, 11) is 0. The number of hydrogen-bond acceptors (Lipinski definition) is 6. The number of carbonyl (C=O) groups is 2. The van der Waals surface area contributed by atoms with Crippen molar-refractivity contribution in [3.63, 3.8) is 0 Å². The maximum Gasteiger partial charge on any atom is 0.271 e. The molecular weight excluding hydrogens is 376 g/mol. The molecule has 0 atom stereocenters. The molecule has 28 heavy (non-hydrogen) atoms. The van der Waals surface area contributed by atoms with Crippen molar-refractivity contribution in [2.75, 3.05) is 12.3 Å². The van der Waals surface area contributed by atoms with Crippen LogP contribution in [0.2, 0.25) is 0 Å². The van der Waals surface area contributed by atoms with Crippen LogP contribution >= 0.6 is 11.3 Å². The Labute approximate surface area is 167 Å². The number of nitrogen functional groups attached to an aromatic ring is 1. The summed E-state index contributed by atoms with van der Waals surface area (Å²) in [6.45, 7) is 1.58. The average molecular weight is 403 g/mol. The minimum Gasteiger partial charge on any atom is -0.375 e. The molecule has 0 spiro atoms. The van der Waals surface area contributed by atoms with Crippen molar-refractivity contribution in [1.82, 2.24) is 25.4 Å². The van der Waals surface area contributed by atoms with E-state index in [4.69, 9.17) is 5.73 Å². The van der Waals surface area contributed by atoms with Crippen LogP contribution in [0, 0.1) is 11.3 Å². The second-order valence-corrected chi connectivity index (χ2v) is 8.90. The summed E-state index contributed by atoms with van der Waals surface area (Å²) in [6, 6.07) is 2.02. The first kappa shape index (κ1) is 18.9. The first-order valence-electron chi connectivity index (χ1n) is 9.80. The van der Waals surface area contributed by atoms with E-state index in [0.29, 0.717) is 17.4 Å². The molecule has 150 valence electrons. The first-order chi connectivity index (χ1) is 13.5. The molecule has 2 heterocycles. The van der Waals surface area contributed by atoms with Crippen molar-refractivity contribution in [3.05, 3.63) is 29.5 Å². The summed E-state index contributed by atoms with van der Waals surface area (Å²) in [5, 5.41) is 12.5. The zero-order valence-electron chi connectivity index (χ0n) is 15.8. The summed E-state index contributed by atoms with van der Waals surface area (Å²) >= 11 is 1.26. The fourth-order valence-electron chi connectivity index (χ4n) is 3.88. The second-order valence-electron chi connectivity index (χ2n) is 8.01. The minimum absolute atomic E-state index is 0.0311. The number of carbonyl (C=O) groups excluding carboxylic acids is 2. The Balaban J connectivity index is 1.19. The maximum atomic E-state index is 12.6. The lowest BCUT2D eigenvalue weighted by atomic mass is 9.85. The Kier molecular flexibility index (Phi) is 5.34. The van der Waals surface area contributed by atoms with Gasteiger partial charge in [-0.05, 0) is 44.6 Å². The van der Waals surface area contributed by atoms with Crippen LogP contribution in [0.5, 0.6) is 0 Å². The Morgan fingerprint density at radius 3 is 2.68 bits per heavy atom. The van der Waals surface area contributed by atoms with Gasteiger partial charge in [0, 0.05) is 48.2 Å². The highest BCUT2D eigenvalue weighted by atomic mass is 32.1. The van der Waals surface area contributed by atoms with Crippen LogP contribution in [-0.2, 0) is 11.3 Å². The van der Waals surface area contributed by atoms with Crippen molar-refractivity contribution < 1.29 is 9.59 Å². The fourth-order valence-corrected chi connectivity index (χ4v) is 4.42. The lowest BCUT2D eigenvalue weighted by Gasteiger charge is -2.28. The molecule has 2 saturated carbocycles. The SMILES string of the molecule is Nc1nc(C(=O)NC2CCC(C(=O)NCC3(Cn4cccn4)CC3)CC2)cs1. The van der Waals surface area contributed by atoms with Crippen molar-refractivity contribution in [1.29, 1.82) is 0 Å². The summed E-state index contributed by atoms with van der Waals surface area (Å²) in [5.41, 5.74) is 6.12. The van der Waals surface area contributed by atoms with Crippen LogP contribution in [0.3, 0.4) is 0 Å². The lowest BCUT2D eigenvalue weighted by molar-refractivity contribution is -0.126. The van der Waals surface area contributed by atoms with E-state index in [2.05, 4.69) is 20.7 Å². The molecule has 0 saturated heterocycles. The Bertz CT molecular complexity index is 821. The van der Waals surface area contributed by atoms with Gasteiger partial charge in [-0.15, -0.1) is 11.3 Å². The molecule has 4 N–H and O–H groups in total. The molecule has 2 aromatic heterocycles. The number of nitrogens with two attached hydrogens (primary N) is 1. The zero-order chi connectivity index (χ0) is 19.6. The predicted octanol–water partition coefficient (Wildman–Crippen LogP) is 1.81. The molecule has 2 aliphatic carbocycles. The van der Waals surface area contributed by atoms with E-state index in [1.54, 1.807) is 11.6 Å².